The molecule has 0 unspecified atom stereocenters. The topological polar surface area (TPSA) is 85.0 Å². The summed E-state index contributed by atoms with van der Waals surface area (Å²) < 4.78 is 13.5. The van der Waals surface area contributed by atoms with Crippen molar-refractivity contribution < 1.29 is 18.8 Å². The maximum absolute atomic E-state index is 13.5. The van der Waals surface area contributed by atoms with Crippen LogP contribution in [0.2, 0.25) is 0 Å². The number of ketones is 1. The van der Waals surface area contributed by atoms with Gasteiger partial charge in [-0.1, -0.05) is 19.9 Å². The molecule has 0 radical (unpaired) electrons. The minimum absolute atomic E-state index is 0.0101. The zero-order valence-corrected chi connectivity index (χ0v) is 21.7. The van der Waals surface area contributed by atoms with E-state index in [2.05, 4.69) is 10.6 Å². The maximum atomic E-state index is 13.5. The fraction of sp³-hybridized carbons (Fsp3) is 0.444. The zero-order chi connectivity index (χ0) is 26.4. The van der Waals surface area contributed by atoms with Crippen molar-refractivity contribution in [2.45, 2.75) is 46.8 Å². The summed E-state index contributed by atoms with van der Waals surface area (Å²) >= 11 is 0. The quantitative estimate of drug-likeness (QED) is 0.465. The van der Waals surface area contributed by atoms with E-state index in [1.807, 2.05) is 25.8 Å². The maximum Gasteiger partial charge on any atom is 0.250 e. The molecule has 1 aliphatic heterocycles. The lowest BCUT2D eigenvalue weighted by atomic mass is 10.1. The molecule has 0 fully saturated rings. The predicted octanol–water partition coefficient (Wildman–Crippen LogP) is 2.65. The molecule has 2 aromatic carbocycles. The number of Topliss-reactive ketones (excluding diaryl/α,β-unsaturated/α-hetero) is 1. The van der Waals surface area contributed by atoms with Crippen molar-refractivity contribution in [1.82, 2.24) is 20.7 Å². The first-order chi connectivity index (χ1) is 17.1. The Kier molecular flexibility index (Phi) is 9.31. The second-order valence-electron chi connectivity index (χ2n) is 9.47. The van der Waals surface area contributed by atoms with Gasteiger partial charge in [0.2, 0.25) is 5.91 Å². The third-order valence-electron chi connectivity index (χ3n) is 6.29. The molecule has 0 saturated carbocycles. The van der Waals surface area contributed by atoms with Crippen LogP contribution in [0.4, 0.5) is 10.1 Å². The second kappa shape index (κ2) is 12.2. The number of nitrogens with zero attached hydrogens (tertiary/aromatic N) is 3. The molecule has 3 rings (SSSR count). The van der Waals surface area contributed by atoms with E-state index < -0.39 is 0 Å². The third kappa shape index (κ3) is 6.96. The fourth-order valence-electron chi connectivity index (χ4n) is 4.22. The molecule has 36 heavy (non-hydrogen) atoms. The van der Waals surface area contributed by atoms with Gasteiger partial charge in [0.25, 0.3) is 5.91 Å². The molecule has 2 N–H and O–H groups in total. The van der Waals surface area contributed by atoms with Crippen molar-refractivity contribution in [3.63, 3.8) is 0 Å². The van der Waals surface area contributed by atoms with Crippen LogP contribution in [0.25, 0.3) is 0 Å². The van der Waals surface area contributed by atoms with Gasteiger partial charge in [0.15, 0.2) is 5.78 Å². The predicted molar refractivity (Wildman–Crippen MR) is 138 cm³/mol. The number of anilines is 1. The molecular formula is C27H36FN5O3. The van der Waals surface area contributed by atoms with E-state index in [4.69, 9.17) is 0 Å². The molecule has 1 aliphatic rings. The number of hydrazine groups is 1. The highest BCUT2D eigenvalue weighted by Gasteiger charge is 2.25. The first-order valence-electron chi connectivity index (χ1n) is 12.2. The molecule has 0 bridgehead atoms. The number of benzene rings is 2. The molecule has 0 saturated heterocycles. The van der Waals surface area contributed by atoms with E-state index in [0.29, 0.717) is 31.7 Å². The Morgan fingerprint density at radius 2 is 1.72 bits per heavy atom. The molecule has 2 aromatic rings. The number of hydrogen-bond donors (Lipinski definition) is 2. The Morgan fingerprint density at radius 1 is 1.03 bits per heavy atom. The highest BCUT2D eigenvalue weighted by molar-refractivity contribution is 5.98. The highest BCUT2D eigenvalue weighted by atomic mass is 19.1. The fourth-order valence-corrected chi connectivity index (χ4v) is 4.22. The summed E-state index contributed by atoms with van der Waals surface area (Å²) in [6, 6.07) is 10.3. The van der Waals surface area contributed by atoms with E-state index in [9.17, 15) is 18.8 Å². The van der Waals surface area contributed by atoms with Gasteiger partial charge in [-0.3, -0.25) is 24.7 Å². The number of carbonyl (C=O) groups excluding carboxylic acids is 3. The number of rotatable bonds is 11. The summed E-state index contributed by atoms with van der Waals surface area (Å²) in [6.45, 7) is 9.50. The Hall–Kier alpha value is -3.14. The van der Waals surface area contributed by atoms with Gasteiger partial charge in [0, 0.05) is 50.5 Å². The van der Waals surface area contributed by atoms with E-state index in [1.54, 1.807) is 36.2 Å². The Balaban J connectivity index is 1.59. The zero-order valence-electron chi connectivity index (χ0n) is 21.7. The number of hydrogen-bond acceptors (Lipinski definition) is 6. The van der Waals surface area contributed by atoms with Gasteiger partial charge in [0.1, 0.15) is 5.82 Å². The lowest BCUT2D eigenvalue weighted by Gasteiger charge is -2.28. The minimum atomic E-state index is -0.288. The van der Waals surface area contributed by atoms with E-state index in [1.165, 1.54) is 24.1 Å². The third-order valence-corrected chi connectivity index (χ3v) is 6.29. The van der Waals surface area contributed by atoms with Crippen LogP contribution in [0.1, 0.15) is 47.8 Å². The van der Waals surface area contributed by atoms with Crippen LogP contribution >= 0.6 is 0 Å². The number of amides is 2. The number of aryl methyl sites for hydroxylation is 1. The molecule has 2 amide bonds. The molecule has 8 nitrogen and oxygen atoms in total. The second-order valence-corrected chi connectivity index (χ2v) is 9.47. The Morgan fingerprint density at radius 3 is 2.39 bits per heavy atom. The summed E-state index contributed by atoms with van der Waals surface area (Å²) in [6.07, 6.45) is 0. The number of fused-ring (bicyclic) bond motifs is 1. The van der Waals surface area contributed by atoms with Gasteiger partial charge in [-0.15, -0.1) is 0 Å². The van der Waals surface area contributed by atoms with E-state index in [0.717, 1.165) is 22.4 Å². The van der Waals surface area contributed by atoms with Gasteiger partial charge < -0.3 is 10.2 Å². The number of halogens is 1. The summed E-state index contributed by atoms with van der Waals surface area (Å²) in [7, 11) is 1.68. The number of likely N-dealkylation sites (N-methyl/N-ethyl adjacent to an activating group) is 1. The summed E-state index contributed by atoms with van der Waals surface area (Å²) in [5, 5.41) is 9.66. The van der Waals surface area contributed by atoms with Gasteiger partial charge in [-0.25, -0.2) is 9.40 Å². The number of carbonyl (C=O) groups is 3. The van der Waals surface area contributed by atoms with Crippen molar-refractivity contribution >= 4 is 23.3 Å². The van der Waals surface area contributed by atoms with Crippen LogP contribution in [-0.4, -0.2) is 66.9 Å². The standard InChI is InChI=1S/C27H36FN5O3/c1-18(2)30-10-11-33(25-9-7-21(20(4)34)12-19(25)3)27(36)15-29-14-26(35)31(5)32-16-22-6-8-24(28)13-23(22)17-32/h6-9,12-13,18,29-30H,10-11,14-17H2,1-5H3. The molecule has 9 heteroatoms. The average Bonchev–Trinajstić information content (AvgIpc) is 3.24. The van der Waals surface area contributed by atoms with Crippen molar-refractivity contribution in [3.05, 3.63) is 64.5 Å². The first-order valence-corrected chi connectivity index (χ1v) is 12.2. The van der Waals surface area contributed by atoms with E-state index in [-0.39, 0.29) is 42.5 Å². The van der Waals surface area contributed by atoms with Gasteiger partial charge in [-0.05, 0) is 60.9 Å². The highest BCUT2D eigenvalue weighted by Crippen LogP contribution is 2.24. The minimum Gasteiger partial charge on any atom is -0.313 e. The van der Waals surface area contributed by atoms with Gasteiger partial charge >= 0.3 is 0 Å². The molecule has 194 valence electrons. The van der Waals surface area contributed by atoms with Crippen LogP contribution in [-0.2, 0) is 22.7 Å². The van der Waals surface area contributed by atoms with Crippen LogP contribution in [0, 0.1) is 12.7 Å². The van der Waals surface area contributed by atoms with E-state index >= 15 is 0 Å². The lowest BCUT2D eigenvalue weighted by Crippen LogP contribution is -2.47. The first kappa shape index (κ1) is 27.4. The number of nitrogens with one attached hydrogen (secondary N) is 2. The van der Waals surface area contributed by atoms with Crippen LogP contribution in [0.3, 0.4) is 0 Å². The Bertz CT molecular complexity index is 1120. The molecule has 0 aliphatic carbocycles. The monoisotopic (exact) mass is 497 g/mol. The summed E-state index contributed by atoms with van der Waals surface area (Å²) in [5.41, 5.74) is 4.04. The largest absolute Gasteiger partial charge is 0.313 e. The SMILES string of the molecule is CC(=O)c1ccc(N(CCNC(C)C)C(=O)CNCC(=O)N(C)N2Cc3ccc(F)cc3C2)c(C)c1. The van der Waals surface area contributed by atoms with Crippen molar-refractivity contribution in [2.24, 2.45) is 0 Å². The average molecular weight is 498 g/mol. The summed E-state index contributed by atoms with van der Waals surface area (Å²) in [5.74, 6) is -0.673. The smallest absolute Gasteiger partial charge is 0.250 e. The lowest BCUT2D eigenvalue weighted by molar-refractivity contribution is -0.145. The molecule has 0 atom stereocenters. The Labute approximate surface area is 212 Å². The van der Waals surface area contributed by atoms with Crippen molar-refractivity contribution in [1.29, 1.82) is 0 Å². The molecule has 0 aromatic heterocycles. The molecular weight excluding hydrogens is 461 g/mol. The molecule has 1 heterocycles. The normalized spacial score (nSPS) is 13.1. The van der Waals surface area contributed by atoms with Crippen molar-refractivity contribution in [3.8, 4) is 0 Å². The van der Waals surface area contributed by atoms with Crippen molar-refractivity contribution in [2.75, 3.05) is 38.1 Å². The van der Waals surface area contributed by atoms with Crippen LogP contribution in [0.15, 0.2) is 36.4 Å². The molecule has 0 spiro atoms. The van der Waals surface area contributed by atoms with Crippen LogP contribution < -0.4 is 15.5 Å². The summed E-state index contributed by atoms with van der Waals surface area (Å²) in [4.78, 5) is 39.3. The van der Waals surface area contributed by atoms with Gasteiger partial charge in [0.05, 0.1) is 13.1 Å². The van der Waals surface area contributed by atoms with Crippen LogP contribution in [0.5, 0.6) is 0 Å². The van der Waals surface area contributed by atoms with Gasteiger partial charge in [-0.2, -0.15) is 0 Å².